The highest BCUT2D eigenvalue weighted by Crippen LogP contribution is 2.28. The lowest BCUT2D eigenvalue weighted by atomic mass is 10.1. The van der Waals surface area contributed by atoms with Crippen LogP contribution in [0.4, 0.5) is 10.1 Å². The highest BCUT2D eigenvalue weighted by Gasteiger charge is 2.07. The predicted molar refractivity (Wildman–Crippen MR) is 75.6 cm³/mol. The van der Waals surface area contributed by atoms with Crippen LogP contribution in [0.15, 0.2) is 48.1 Å². The second-order valence-corrected chi connectivity index (χ2v) is 5.08. The monoisotopic (exact) mass is 273 g/mol. The quantitative estimate of drug-likeness (QED) is 0.757. The molecule has 2 aromatic heterocycles. The maximum absolute atomic E-state index is 13.8. The third-order valence-corrected chi connectivity index (χ3v) is 3.72. The molecule has 0 aliphatic carbocycles. The van der Waals surface area contributed by atoms with Crippen molar-refractivity contribution < 1.29 is 4.39 Å². The van der Waals surface area contributed by atoms with Gasteiger partial charge in [0.2, 0.25) is 0 Å². The molecule has 96 valence electrons. The highest BCUT2D eigenvalue weighted by atomic mass is 32.1. The van der Waals surface area contributed by atoms with E-state index in [9.17, 15) is 4.39 Å². The van der Waals surface area contributed by atoms with Gasteiger partial charge in [-0.3, -0.25) is 5.10 Å². The van der Waals surface area contributed by atoms with E-state index in [1.54, 1.807) is 18.5 Å². The Balaban J connectivity index is 1.81. The Kier molecular flexibility index (Phi) is 3.29. The first-order valence-electron chi connectivity index (χ1n) is 5.88. The molecule has 0 fully saturated rings. The summed E-state index contributed by atoms with van der Waals surface area (Å²) in [5, 5.41) is 11.8. The Labute approximate surface area is 114 Å². The van der Waals surface area contributed by atoms with Crippen molar-refractivity contribution >= 4 is 17.0 Å². The minimum absolute atomic E-state index is 0.186. The number of thiophene rings is 1. The SMILES string of the molecule is Fc1ccc(CNc2cn[nH]c2)cc1-c1cccs1. The van der Waals surface area contributed by atoms with Crippen molar-refractivity contribution in [2.24, 2.45) is 0 Å². The molecular formula is C14H12FN3S. The number of H-pyrrole nitrogens is 1. The molecule has 5 heteroatoms. The lowest BCUT2D eigenvalue weighted by molar-refractivity contribution is 0.631. The zero-order valence-electron chi connectivity index (χ0n) is 10.1. The predicted octanol–water partition coefficient (Wildman–Crippen LogP) is 3.89. The molecule has 0 amide bonds. The first-order chi connectivity index (χ1) is 9.33. The van der Waals surface area contributed by atoms with Crippen molar-refractivity contribution in [3.8, 4) is 10.4 Å². The van der Waals surface area contributed by atoms with Gasteiger partial charge >= 0.3 is 0 Å². The summed E-state index contributed by atoms with van der Waals surface area (Å²) in [6, 6.07) is 9.04. The van der Waals surface area contributed by atoms with Crippen LogP contribution < -0.4 is 5.32 Å². The van der Waals surface area contributed by atoms with Gasteiger partial charge in [0.25, 0.3) is 0 Å². The number of aromatic amines is 1. The number of aromatic nitrogens is 2. The molecule has 3 rings (SSSR count). The van der Waals surface area contributed by atoms with E-state index in [0.717, 1.165) is 16.1 Å². The Morgan fingerprint density at radius 1 is 1.32 bits per heavy atom. The van der Waals surface area contributed by atoms with Crippen LogP contribution in [0.2, 0.25) is 0 Å². The van der Waals surface area contributed by atoms with Gasteiger partial charge in [-0.15, -0.1) is 11.3 Å². The third-order valence-electron chi connectivity index (χ3n) is 2.81. The zero-order valence-corrected chi connectivity index (χ0v) is 10.9. The first-order valence-corrected chi connectivity index (χ1v) is 6.76. The first kappa shape index (κ1) is 11.9. The van der Waals surface area contributed by atoms with Gasteiger partial charge in [0.05, 0.1) is 11.9 Å². The molecule has 0 atom stereocenters. The van der Waals surface area contributed by atoms with Crippen LogP contribution in [0.25, 0.3) is 10.4 Å². The van der Waals surface area contributed by atoms with Crippen LogP contribution >= 0.6 is 11.3 Å². The fourth-order valence-electron chi connectivity index (χ4n) is 1.85. The van der Waals surface area contributed by atoms with Gasteiger partial charge in [-0.05, 0) is 29.1 Å². The van der Waals surface area contributed by atoms with E-state index < -0.39 is 0 Å². The average Bonchev–Trinajstić information content (AvgIpc) is 3.11. The molecule has 0 radical (unpaired) electrons. The van der Waals surface area contributed by atoms with Crippen molar-refractivity contribution in [1.29, 1.82) is 0 Å². The largest absolute Gasteiger partial charge is 0.378 e. The van der Waals surface area contributed by atoms with Gasteiger partial charge in [0.15, 0.2) is 0 Å². The second-order valence-electron chi connectivity index (χ2n) is 4.13. The number of halogens is 1. The second kappa shape index (κ2) is 5.24. The average molecular weight is 273 g/mol. The molecular weight excluding hydrogens is 261 g/mol. The van der Waals surface area contributed by atoms with Crippen LogP contribution in [-0.4, -0.2) is 10.2 Å². The standard InChI is InChI=1S/C14H12FN3S/c15-13-4-3-10(7-16-11-8-17-18-9-11)6-12(13)14-2-1-5-19-14/h1-6,8-9,16H,7H2,(H,17,18). The fraction of sp³-hybridized carbons (Fsp3) is 0.0714. The van der Waals surface area contributed by atoms with Gasteiger partial charge in [0, 0.05) is 23.2 Å². The summed E-state index contributed by atoms with van der Waals surface area (Å²) in [6.07, 6.45) is 3.49. The van der Waals surface area contributed by atoms with Crippen molar-refractivity contribution in [2.75, 3.05) is 5.32 Å². The van der Waals surface area contributed by atoms with Crippen molar-refractivity contribution in [3.05, 3.63) is 59.5 Å². The van der Waals surface area contributed by atoms with Gasteiger partial charge < -0.3 is 5.32 Å². The number of rotatable bonds is 4. The lowest BCUT2D eigenvalue weighted by Crippen LogP contribution is -1.99. The topological polar surface area (TPSA) is 40.7 Å². The van der Waals surface area contributed by atoms with Crippen molar-refractivity contribution in [3.63, 3.8) is 0 Å². The van der Waals surface area contributed by atoms with Crippen LogP contribution in [0.1, 0.15) is 5.56 Å². The Hall–Kier alpha value is -2.14. The molecule has 0 spiro atoms. The van der Waals surface area contributed by atoms with E-state index in [2.05, 4.69) is 15.5 Å². The van der Waals surface area contributed by atoms with Gasteiger partial charge in [-0.2, -0.15) is 5.10 Å². The minimum atomic E-state index is -0.186. The molecule has 0 unspecified atom stereocenters. The number of hydrogen-bond donors (Lipinski definition) is 2. The van der Waals surface area contributed by atoms with E-state index in [4.69, 9.17) is 0 Å². The number of nitrogens with zero attached hydrogens (tertiary/aromatic N) is 1. The highest BCUT2D eigenvalue weighted by molar-refractivity contribution is 7.13. The maximum atomic E-state index is 13.8. The van der Waals surface area contributed by atoms with E-state index in [1.165, 1.54) is 17.4 Å². The van der Waals surface area contributed by atoms with E-state index in [-0.39, 0.29) is 5.82 Å². The molecule has 0 aliphatic rings. The molecule has 0 saturated heterocycles. The van der Waals surface area contributed by atoms with Gasteiger partial charge in [-0.25, -0.2) is 4.39 Å². The summed E-state index contributed by atoms with van der Waals surface area (Å²) in [7, 11) is 0. The lowest BCUT2D eigenvalue weighted by Gasteiger charge is -2.07. The van der Waals surface area contributed by atoms with E-state index in [1.807, 2.05) is 23.6 Å². The third kappa shape index (κ3) is 2.66. The fourth-order valence-corrected chi connectivity index (χ4v) is 2.60. The summed E-state index contributed by atoms with van der Waals surface area (Å²) < 4.78 is 13.8. The summed E-state index contributed by atoms with van der Waals surface area (Å²) in [4.78, 5) is 0.947. The molecule has 0 aliphatic heterocycles. The molecule has 0 saturated carbocycles. The van der Waals surface area contributed by atoms with Crippen LogP contribution in [0.3, 0.4) is 0 Å². The number of anilines is 1. The van der Waals surface area contributed by atoms with E-state index >= 15 is 0 Å². The van der Waals surface area contributed by atoms with Gasteiger partial charge in [0.1, 0.15) is 5.82 Å². The van der Waals surface area contributed by atoms with Gasteiger partial charge in [-0.1, -0.05) is 12.1 Å². The molecule has 2 heterocycles. The smallest absolute Gasteiger partial charge is 0.131 e. The molecule has 3 nitrogen and oxygen atoms in total. The zero-order chi connectivity index (χ0) is 13.1. The normalized spacial score (nSPS) is 10.6. The maximum Gasteiger partial charge on any atom is 0.131 e. The Bertz CT molecular complexity index is 647. The van der Waals surface area contributed by atoms with E-state index in [0.29, 0.717) is 12.1 Å². The van der Waals surface area contributed by atoms with Crippen molar-refractivity contribution in [1.82, 2.24) is 10.2 Å². The molecule has 3 aromatic rings. The van der Waals surface area contributed by atoms with Crippen LogP contribution in [0.5, 0.6) is 0 Å². The number of benzene rings is 1. The Morgan fingerprint density at radius 3 is 3.00 bits per heavy atom. The van der Waals surface area contributed by atoms with Crippen LogP contribution in [-0.2, 0) is 6.54 Å². The molecule has 2 N–H and O–H groups in total. The number of nitrogens with one attached hydrogen (secondary N) is 2. The summed E-state index contributed by atoms with van der Waals surface area (Å²) in [5.74, 6) is -0.186. The molecule has 1 aromatic carbocycles. The van der Waals surface area contributed by atoms with Crippen LogP contribution in [0, 0.1) is 5.82 Å². The number of hydrogen-bond acceptors (Lipinski definition) is 3. The molecule has 0 bridgehead atoms. The van der Waals surface area contributed by atoms with Crippen molar-refractivity contribution in [2.45, 2.75) is 6.54 Å². The minimum Gasteiger partial charge on any atom is -0.378 e. The molecule has 19 heavy (non-hydrogen) atoms. The summed E-state index contributed by atoms with van der Waals surface area (Å²) in [6.45, 7) is 0.637. The Morgan fingerprint density at radius 2 is 2.26 bits per heavy atom. The summed E-state index contributed by atoms with van der Waals surface area (Å²) >= 11 is 1.54. The summed E-state index contributed by atoms with van der Waals surface area (Å²) in [5.41, 5.74) is 2.61.